The standard InChI is InChI=1S/C36H40F2N2O7/c1-22(2)32(35(44)45)39-31(42)19-47-36(20-46-21-36)18-17-23-3-5-25(6-4-23)33-29(15-16-30(41)24-7-9-26(37)10-8-24)34(43)40(33)28-13-11-27(38)12-14-28/h3-14,22,29-30,32-33,41H,15-21H2,1-2H3,(H,39,42)(H,44,45)/t29-,30+,32-,33-/m1/s1. The number of halogens is 2. The molecule has 0 aliphatic carbocycles. The first kappa shape index (κ1) is 34.2. The summed E-state index contributed by atoms with van der Waals surface area (Å²) in [6, 6.07) is 18.0. The van der Waals surface area contributed by atoms with Gasteiger partial charge in [0.05, 0.1) is 31.3 Å². The van der Waals surface area contributed by atoms with Gasteiger partial charge in [-0.25, -0.2) is 13.6 Å². The van der Waals surface area contributed by atoms with Gasteiger partial charge < -0.3 is 29.9 Å². The molecule has 5 rings (SSSR count). The Morgan fingerprint density at radius 1 is 1.00 bits per heavy atom. The van der Waals surface area contributed by atoms with E-state index in [0.29, 0.717) is 50.1 Å². The highest BCUT2D eigenvalue weighted by Gasteiger charge is 2.48. The summed E-state index contributed by atoms with van der Waals surface area (Å²) in [6.07, 6.45) is 1.08. The summed E-state index contributed by atoms with van der Waals surface area (Å²) in [5.74, 6) is -3.19. The molecule has 4 atom stereocenters. The van der Waals surface area contributed by atoms with E-state index >= 15 is 0 Å². The van der Waals surface area contributed by atoms with Crippen molar-refractivity contribution < 1.29 is 42.9 Å². The van der Waals surface area contributed by atoms with E-state index in [1.807, 2.05) is 24.3 Å². The number of nitrogens with one attached hydrogen (secondary N) is 1. The molecule has 3 N–H and O–H groups in total. The van der Waals surface area contributed by atoms with Crippen molar-refractivity contribution in [1.82, 2.24) is 5.32 Å². The third kappa shape index (κ3) is 8.04. The summed E-state index contributed by atoms with van der Waals surface area (Å²) < 4.78 is 38.4. The van der Waals surface area contributed by atoms with Crippen LogP contribution in [0.2, 0.25) is 0 Å². The largest absolute Gasteiger partial charge is 0.480 e. The van der Waals surface area contributed by atoms with Crippen LogP contribution in [0.4, 0.5) is 14.5 Å². The normalized spacial score (nSPS) is 19.9. The Labute approximate surface area is 272 Å². The minimum Gasteiger partial charge on any atom is -0.480 e. The Hall–Kier alpha value is -4.19. The number of aliphatic hydroxyl groups is 1. The second-order valence-electron chi connectivity index (χ2n) is 12.7. The molecule has 0 spiro atoms. The molecule has 0 aromatic heterocycles. The number of anilines is 1. The molecule has 2 aliphatic heterocycles. The zero-order chi connectivity index (χ0) is 33.7. The lowest BCUT2D eigenvalue weighted by Crippen LogP contribution is -2.55. The lowest BCUT2D eigenvalue weighted by atomic mass is 9.78. The third-order valence-electron chi connectivity index (χ3n) is 9.00. The predicted octanol–water partition coefficient (Wildman–Crippen LogP) is 5.13. The van der Waals surface area contributed by atoms with E-state index in [9.17, 15) is 33.4 Å². The van der Waals surface area contributed by atoms with Crippen LogP contribution >= 0.6 is 0 Å². The van der Waals surface area contributed by atoms with Crippen molar-refractivity contribution in [3.05, 3.63) is 101 Å². The van der Waals surface area contributed by atoms with Crippen LogP contribution in [-0.4, -0.2) is 59.5 Å². The summed E-state index contributed by atoms with van der Waals surface area (Å²) in [5.41, 5.74) is 2.42. The average Bonchev–Trinajstić information content (AvgIpc) is 3.03. The third-order valence-corrected chi connectivity index (χ3v) is 9.00. The maximum Gasteiger partial charge on any atom is 0.326 e. The highest BCUT2D eigenvalue weighted by Crippen LogP contribution is 2.46. The van der Waals surface area contributed by atoms with Crippen LogP contribution in [0.3, 0.4) is 0 Å². The van der Waals surface area contributed by atoms with Crippen LogP contribution in [0.25, 0.3) is 0 Å². The number of carboxylic acids is 1. The van der Waals surface area contributed by atoms with E-state index in [0.717, 1.165) is 11.1 Å². The first-order valence-corrected chi connectivity index (χ1v) is 15.8. The van der Waals surface area contributed by atoms with E-state index in [-0.39, 0.29) is 24.5 Å². The van der Waals surface area contributed by atoms with Gasteiger partial charge in [-0.15, -0.1) is 0 Å². The summed E-state index contributed by atoms with van der Waals surface area (Å²) in [6.45, 7) is 3.82. The van der Waals surface area contributed by atoms with Gasteiger partial charge >= 0.3 is 5.97 Å². The van der Waals surface area contributed by atoms with Crippen LogP contribution in [0.5, 0.6) is 0 Å². The molecule has 2 fully saturated rings. The topological polar surface area (TPSA) is 125 Å². The smallest absolute Gasteiger partial charge is 0.326 e. The van der Waals surface area contributed by atoms with Crippen LogP contribution in [0, 0.1) is 23.5 Å². The zero-order valence-corrected chi connectivity index (χ0v) is 26.4. The fourth-order valence-corrected chi connectivity index (χ4v) is 6.12. The van der Waals surface area contributed by atoms with E-state index in [1.54, 1.807) is 30.9 Å². The second kappa shape index (κ2) is 14.7. The van der Waals surface area contributed by atoms with Gasteiger partial charge in [0.25, 0.3) is 0 Å². The Bertz CT molecular complexity index is 1540. The number of aliphatic hydroxyl groups excluding tert-OH is 1. The first-order valence-electron chi connectivity index (χ1n) is 15.8. The molecule has 0 radical (unpaired) electrons. The Morgan fingerprint density at radius 2 is 1.62 bits per heavy atom. The van der Waals surface area contributed by atoms with Gasteiger partial charge in [0.1, 0.15) is 29.9 Å². The number of ether oxygens (including phenoxy) is 2. The highest BCUT2D eigenvalue weighted by atomic mass is 19.1. The molecule has 0 saturated carbocycles. The van der Waals surface area contributed by atoms with Crippen molar-refractivity contribution in [2.75, 3.05) is 24.7 Å². The van der Waals surface area contributed by atoms with Gasteiger partial charge in [-0.1, -0.05) is 50.2 Å². The molecule has 2 aliphatic rings. The number of rotatable bonds is 15. The second-order valence-corrected chi connectivity index (χ2v) is 12.7. The number of carboxylic acid groups (broad SMARTS) is 1. The van der Waals surface area contributed by atoms with Crippen LogP contribution in [-0.2, 0) is 30.3 Å². The van der Waals surface area contributed by atoms with Crippen LogP contribution in [0.15, 0.2) is 72.8 Å². The quantitative estimate of drug-likeness (QED) is 0.195. The molecular formula is C36H40F2N2O7. The molecule has 47 heavy (non-hydrogen) atoms. The van der Waals surface area contributed by atoms with Gasteiger partial charge in [0, 0.05) is 5.69 Å². The maximum absolute atomic E-state index is 13.7. The summed E-state index contributed by atoms with van der Waals surface area (Å²) in [7, 11) is 0. The first-order chi connectivity index (χ1) is 22.5. The Balaban J connectivity index is 1.23. The molecule has 9 nitrogen and oxygen atoms in total. The lowest BCUT2D eigenvalue weighted by molar-refractivity contribution is -0.212. The van der Waals surface area contributed by atoms with Gasteiger partial charge in [0.15, 0.2) is 0 Å². The van der Waals surface area contributed by atoms with Crippen molar-refractivity contribution in [2.45, 2.75) is 63.3 Å². The van der Waals surface area contributed by atoms with Crippen molar-refractivity contribution in [3.8, 4) is 0 Å². The lowest BCUT2D eigenvalue weighted by Gasteiger charge is -2.48. The van der Waals surface area contributed by atoms with E-state index in [1.165, 1.54) is 36.4 Å². The van der Waals surface area contributed by atoms with E-state index in [2.05, 4.69) is 5.32 Å². The SMILES string of the molecule is CC(C)[C@@H](NC(=O)COC1(CCc2ccc([C@@H]3[C@@H](CC[C@H](O)c4ccc(F)cc4)C(=O)N3c3ccc(F)cc3)cc2)COC1)C(=O)O. The summed E-state index contributed by atoms with van der Waals surface area (Å²) in [5, 5.41) is 22.6. The number of carbonyl (C=O) groups is 3. The van der Waals surface area contributed by atoms with E-state index < -0.39 is 47.2 Å². The van der Waals surface area contributed by atoms with Crippen LogP contribution < -0.4 is 10.2 Å². The molecule has 0 bridgehead atoms. The predicted molar refractivity (Wildman–Crippen MR) is 169 cm³/mol. The number of aliphatic carboxylic acids is 1. The number of hydrogen-bond acceptors (Lipinski definition) is 6. The summed E-state index contributed by atoms with van der Waals surface area (Å²) >= 11 is 0. The zero-order valence-electron chi connectivity index (χ0n) is 26.4. The van der Waals surface area contributed by atoms with Crippen molar-refractivity contribution in [3.63, 3.8) is 0 Å². The number of aryl methyl sites for hydroxylation is 1. The fourth-order valence-electron chi connectivity index (χ4n) is 6.12. The van der Waals surface area contributed by atoms with Gasteiger partial charge in [-0.05, 0) is 84.7 Å². The molecule has 0 unspecified atom stereocenters. The molecule has 11 heteroatoms. The number of hydrogen-bond donors (Lipinski definition) is 3. The molecule has 2 saturated heterocycles. The monoisotopic (exact) mass is 650 g/mol. The number of benzene rings is 3. The molecule has 2 heterocycles. The number of amides is 2. The minimum atomic E-state index is -1.10. The van der Waals surface area contributed by atoms with Crippen LogP contribution in [0.1, 0.15) is 61.9 Å². The summed E-state index contributed by atoms with van der Waals surface area (Å²) in [4.78, 5) is 38.9. The Kier molecular flexibility index (Phi) is 10.7. The minimum absolute atomic E-state index is 0.117. The van der Waals surface area contributed by atoms with E-state index in [4.69, 9.17) is 9.47 Å². The van der Waals surface area contributed by atoms with Crippen molar-refractivity contribution >= 4 is 23.5 Å². The highest BCUT2D eigenvalue weighted by molar-refractivity contribution is 6.03. The molecule has 250 valence electrons. The van der Waals surface area contributed by atoms with Crippen molar-refractivity contribution in [1.29, 1.82) is 0 Å². The van der Waals surface area contributed by atoms with Gasteiger partial charge in [-0.3, -0.25) is 9.59 Å². The van der Waals surface area contributed by atoms with Gasteiger partial charge in [0.2, 0.25) is 11.8 Å². The average molecular weight is 651 g/mol. The molecular weight excluding hydrogens is 610 g/mol. The van der Waals surface area contributed by atoms with Crippen molar-refractivity contribution in [2.24, 2.45) is 11.8 Å². The molecule has 2 amide bonds. The van der Waals surface area contributed by atoms with Gasteiger partial charge in [-0.2, -0.15) is 0 Å². The number of β-lactam (4-membered cyclic amide) rings is 1. The maximum atomic E-state index is 13.7. The molecule has 3 aromatic carbocycles. The Morgan fingerprint density at radius 3 is 2.17 bits per heavy atom. The number of carbonyl (C=O) groups excluding carboxylic acids is 2. The fraction of sp³-hybridized carbons (Fsp3) is 0.417. The number of nitrogens with zero attached hydrogens (tertiary/aromatic N) is 1. The molecule has 3 aromatic rings.